The van der Waals surface area contributed by atoms with Crippen LogP contribution in [0.5, 0.6) is 0 Å². The van der Waals surface area contributed by atoms with Crippen LogP contribution in [0.2, 0.25) is 0 Å². The van der Waals surface area contributed by atoms with Crippen molar-refractivity contribution in [2.24, 2.45) is 0 Å². The van der Waals surface area contributed by atoms with Gasteiger partial charge in [-0.05, 0) is 0 Å². The topological polar surface area (TPSA) is 24.5 Å². The summed E-state index contributed by atoms with van der Waals surface area (Å²) in [6.45, 7) is 4.73. The molecule has 1 rings (SSSR count). The molecule has 1 saturated heterocycles. The molecule has 0 spiro atoms. The fraction of sp³-hybridized carbons (Fsp3) is 1.00. The summed E-state index contributed by atoms with van der Waals surface area (Å²) in [6, 6.07) is 0. The summed E-state index contributed by atoms with van der Waals surface area (Å²) in [7, 11) is 0. The summed E-state index contributed by atoms with van der Waals surface area (Å²) in [5.41, 5.74) is 3.28. The van der Waals surface area contributed by atoms with Crippen molar-refractivity contribution in [3.63, 3.8) is 0 Å². The Labute approximate surface area is 69.8 Å². The highest BCUT2D eigenvalue weighted by Crippen LogP contribution is 1.91. The van der Waals surface area contributed by atoms with Crippen molar-refractivity contribution in [1.29, 1.82) is 0 Å². The largest absolute Gasteiger partial charge is 0.379 e. The van der Waals surface area contributed by atoms with Crippen LogP contribution in [0.3, 0.4) is 0 Å². The van der Waals surface area contributed by atoms with E-state index < -0.39 is 0 Å². The smallest absolute Gasteiger partial charge is 0.0608 e. The van der Waals surface area contributed by atoms with E-state index in [1.807, 2.05) is 0 Å². The van der Waals surface area contributed by atoms with Gasteiger partial charge in [0.15, 0.2) is 0 Å². The summed E-state index contributed by atoms with van der Waals surface area (Å²) >= 11 is 3.36. The fourth-order valence-corrected chi connectivity index (χ4v) is 1.10. The van der Waals surface area contributed by atoms with Crippen molar-refractivity contribution in [1.82, 2.24) is 10.4 Å². The Balaban J connectivity index is 2.02. The first-order valence-electron chi connectivity index (χ1n) is 3.55. The molecule has 0 atom stereocenters. The van der Waals surface area contributed by atoms with Crippen molar-refractivity contribution in [3.8, 4) is 0 Å². The number of hydrazine groups is 1. The number of nitrogens with one attached hydrogen (secondary N) is 1. The van der Waals surface area contributed by atoms with Crippen LogP contribution >= 0.6 is 15.9 Å². The number of morpholine rings is 1. The van der Waals surface area contributed by atoms with Gasteiger partial charge in [-0.2, -0.15) is 0 Å². The maximum absolute atomic E-state index is 5.19. The second kappa shape index (κ2) is 5.07. The molecule has 0 unspecified atom stereocenters. The van der Waals surface area contributed by atoms with Crippen LogP contribution in [-0.4, -0.2) is 43.2 Å². The number of hydrogen-bond acceptors (Lipinski definition) is 3. The van der Waals surface area contributed by atoms with E-state index in [-0.39, 0.29) is 0 Å². The van der Waals surface area contributed by atoms with Gasteiger partial charge in [-0.3, -0.25) is 5.43 Å². The van der Waals surface area contributed by atoms with E-state index in [0.29, 0.717) is 0 Å². The van der Waals surface area contributed by atoms with Crippen LogP contribution in [-0.2, 0) is 4.74 Å². The molecule has 1 N–H and O–H groups in total. The highest BCUT2D eigenvalue weighted by Gasteiger charge is 2.07. The minimum Gasteiger partial charge on any atom is -0.379 e. The first kappa shape index (κ1) is 8.46. The summed E-state index contributed by atoms with van der Waals surface area (Å²) in [6.07, 6.45) is 0. The lowest BCUT2D eigenvalue weighted by atomic mass is 10.5. The Hall–Kier alpha value is 0.360. The maximum atomic E-state index is 5.19. The predicted octanol–water partition coefficient (Wildman–Crippen LogP) is 0.218. The lowest BCUT2D eigenvalue weighted by Crippen LogP contribution is -2.46. The van der Waals surface area contributed by atoms with E-state index >= 15 is 0 Å². The number of alkyl halides is 1. The van der Waals surface area contributed by atoms with Gasteiger partial charge in [0.05, 0.1) is 13.2 Å². The molecule has 60 valence electrons. The average molecular weight is 209 g/mol. The Morgan fingerprint density at radius 2 is 2.10 bits per heavy atom. The molecule has 0 radical (unpaired) electrons. The Morgan fingerprint density at radius 1 is 1.40 bits per heavy atom. The number of ether oxygens (including phenoxy) is 1. The van der Waals surface area contributed by atoms with Crippen molar-refractivity contribution in [3.05, 3.63) is 0 Å². The molecular weight excluding hydrogens is 196 g/mol. The van der Waals surface area contributed by atoms with Crippen LogP contribution in [0.4, 0.5) is 0 Å². The van der Waals surface area contributed by atoms with E-state index in [2.05, 4.69) is 26.4 Å². The molecule has 0 amide bonds. The molecule has 0 aromatic carbocycles. The third-order valence-electron chi connectivity index (χ3n) is 1.44. The third-order valence-corrected chi connectivity index (χ3v) is 1.84. The maximum Gasteiger partial charge on any atom is 0.0608 e. The number of rotatable bonds is 3. The standard InChI is InChI=1S/C6H13BrN2O/c7-1-2-8-9-3-5-10-6-4-9/h8H,1-6H2. The summed E-state index contributed by atoms with van der Waals surface area (Å²) < 4.78 is 5.19. The molecular formula is C6H13BrN2O. The van der Waals surface area contributed by atoms with Crippen LogP contribution in [0, 0.1) is 0 Å². The van der Waals surface area contributed by atoms with Gasteiger partial charge in [0.25, 0.3) is 0 Å². The molecule has 1 aliphatic heterocycles. The summed E-state index contributed by atoms with van der Waals surface area (Å²) in [4.78, 5) is 0. The van der Waals surface area contributed by atoms with E-state index in [0.717, 1.165) is 38.2 Å². The number of hydrogen-bond donors (Lipinski definition) is 1. The minimum atomic E-state index is 0.856. The van der Waals surface area contributed by atoms with Gasteiger partial charge < -0.3 is 4.74 Å². The first-order chi connectivity index (χ1) is 4.93. The first-order valence-corrected chi connectivity index (χ1v) is 4.68. The third kappa shape index (κ3) is 2.96. The zero-order valence-electron chi connectivity index (χ0n) is 5.98. The van der Waals surface area contributed by atoms with E-state index in [1.165, 1.54) is 0 Å². The molecule has 1 aliphatic rings. The number of nitrogens with zero attached hydrogens (tertiary/aromatic N) is 1. The Kier molecular flexibility index (Phi) is 4.29. The average Bonchev–Trinajstić information content (AvgIpc) is 2.03. The normalized spacial score (nSPS) is 21.3. The van der Waals surface area contributed by atoms with Gasteiger partial charge in [-0.25, -0.2) is 5.01 Å². The van der Waals surface area contributed by atoms with Crippen LogP contribution in [0.25, 0.3) is 0 Å². The van der Waals surface area contributed by atoms with E-state index in [9.17, 15) is 0 Å². The van der Waals surface area contributed by atoms with Crippen molar-refractivity contribution >= 4 is 15.9 Å². The lowest BCUT2D eigenvalue weighted by molar-refractivity contribution is 0.0134. The SMILES string of the molecule is BrCCNN1CCOCC1. The monoisotopic (exact) mass is 208 g/mol. The van der Waals surface area contributed by atoms with Gasteiger partial charge in [0.1, 0.15) is 0 Å². The number of halogens is 1. The van der Waals surface area contributed by atoms with E-state index in [1.54, 1.807) is 0 Å². The summed E-state index contributed by atoms with van der Waals surface area (Å²) in [5.74, 6) is 0. The van der Waals surface area contributed by atoms with Gasteiger partial charge in [0.2, 0.25) is 0 Å². The minimum absolute atomic E-state index is 0.856. The molecule has 1 heterocycles. The van der Waals surface area contributed by atoms with Crippen molar-refractivity contribution in [2.75, 3.05) is 38.2 Å². The van der Waals surface area contributed by atoms with E-state index in [4.69, 9.17) is 4.74 Å². The van der Waals surface area contributed by atoms with Gasteiger partial charge in [-0.1, -0.05) is 15.9 Å². The predicted molar refractivity (Wildman–Crippen MR) is 44.2 cm³/mol. The van der Waals surface area contributed by atoms with Crippen molar-refractivity contribution in [2.45, 2.75) is 0 Å². The van der Waals surface area contributed by atoms with Gasteiger partial charge >= 0.3 is 0 Å². The highest BCUT2D eigenvalue weighted by molar-refractivity contribution is 9.09. The van der Waals surface area contributed by atoms with Crippen LogP contribution in [0.1, 0.15) is 0 Å². The molecule has 1 fully saturated rings. The van der Waals surface area contributed by atoms with Crippen molar-refractivity contribution < 1.29 is 4.74 Å². The molecule has 4 heteroatoms. The van der Waals surface area contributed by atoms with Gasteiger partial charge in [0, 0.05) is 25.0 Å². The second-order valence-corrected chi connectivity index (χ2v) is 2.99. The fourth-order valence-electron chi connectivity index (χ4n) is 0.922. The molecule has 3 nitrogen and oxygen atoms in total. The Morgan fingerprint density at radius 3 is 2.70 bits per heavy atom. The molecule has 10 heavy (non-hydrogen) atoms. The molecule has 0 aromatic heterocycles. The van der Waals surface area contributed by atoms with Crippen LogP contribution < -0.4 is 5.43 Å². The van der Waals surface area contributed by atoms with Crippen LogP contribution in [0.15, 0.2) is 0 Å². The molecule has 0 saturated carbocycles. The molecule has 0 aliphatic carbocycles. The molecule has 0 bridgehead atoms. The highest BCUT2D eigenvalue weighted by atomic mass is 79.9. The Bertz CT molecular complexity index is 85.8. The molecule has 0 aromatic rings. The zero-order chi connectivity index (χ0) is 7.23. The summed E-state index contributed by atoms with van der Waals surface area (Å²) in [5, 5.41) is 3.20. The zero-order valence-corrected chi connectivity index (χ0v) is 7.56. The van der Waals surface area contributed by atoms with Gasteiger partial charge in [-0.15, -0.1) is 0 Å². The second-order valence-electron chi connectivity index (χ2n) is 2.20. The quantitative estimate of drug-likeness (QED) is 0.673. The lowest BCUT2D eigenvalue weighted by Gasteiger charge is -2.26.